The number of hydrogen-bond acceptors (Lipinski definition) is 7. The number of hydrogen-bond donors (Lipinski definition) is 1. The number of nitrogens with zero attached hydrogens (tertiary/aromatic N) is 4. The Balaban J connectivity index is 1.28. The van der Waals surface area contributed by atoms with E-state index in [0.717, 1.165) is 41.6 Å². The van der Waals surface area contributed by atoms with Gasteiger partial charge in [0.05, 0.1) is 24.2 Å². The van der Waals surface area contributed by atoms with Crippen LogP contribution in [0, 0.1) is 13.8 Å². The first-order valence-corrected chi connectivity index (χ1v) is 16.5. The fourth-order valence-electron chi connectivity index (χ4n) is 6.47. The fourth-order valence-corrected chi connectivity index (χ4v) is 6.47. The molecule has 2 aliphatic heterocycles. The minimum absolute atomic E-state index is 0.0449. The summed E-state index contributed by atoms with van der Waals surface area (Å²) in [5.74, 6) is -0.545. The van der Waals surface area contributed by atoms with E-state index >= 15 is 0 Å². The molecule has 4 aromatic rings. The minimum atomic E-state index is -0.782. The Morgan fingerprint density at radius 2 is 1.55 bits per heavy atom. The van der Waals surface area contributed by atoms with Crippen molar-refractivity contribution in [3.05, 3.63) is 107 Å². The molecule has 0 bridgehead atoms. The van der Waals surface area contributed by atoms with Crippen LogP contribution in [0.2, 0.25) is 0 Å². The van der Waals surface area contributed by atoms with Gasteiger partial charge in [0.1, 0.15) is 11.9 Å². The highest BCUT2D eigenvalue weighted by Crippen LogP contribution is 2.37. The standard InChI is InChI=1S/C39H41N5O5/c1-26-9-12-28(13-10-26)30-7-5-6-8-31(30)38(47)40-32-15-14-29(24-35(32)49-4)39(48)43-18-17-37(46)44(34-23-27(2)11-16-33(34)43)36(25-45)42-21-19-41(3)20-22-42/h5-16,23-25,36H,17-22H2,1-4H3,(H,40,47). The molecular formula is C39H41N5O5. The lowest BCUT2D eigenvalue weighted by Gasteiger charge is -2.40. The van der Waals surface area contributed by atoms with E-state index in [4.69, 9.17) is 4.74 Å². The predicted octanol–water partition coefficient (Wildman–Crippen LogP) is 5.39. The van der Waals surface area contributed by atoms with E-state index in [1.807, 2.05) is 86.5 Å². The van der Waals surface area contributed by atoms with Gasteiger partial charge in [0.15, 0.2) is 6.29 Å². The molecule has 10 heteroatoms. The highest BCUT2D eigenvalue weighted by atomic mass is 16.5. The average molecular weight is 660 g/mol. The second kappa shape index (κ2) is 14.4. The van der Waals surface area contributed by atoms with E-state index < -0.39 is 6.17 Å². The summed E-state index contributed by atoms with van der Waals surface area (Å²) in [6.07, 6.45) is 0.0866. The summed E-state index contributed by atoms with van der Waals surface area (Å²) >= 11 is 0. The van der Waals surface area contributed by atoms with Gasteiger partial charge in [0.25, 0.3) is 11.8 Å². The first kappa shape index (κ1) is 33.6. The highest BCUT2D eigenvalue weighted by Gasteiger charge is 2.37. The van der Waals surface area contributed by atoms with Gasteiger partial charge in [-0.1, -0.05) is 54.1 Å². The van der Waals surface area contributed by atoms with Crippen molar-refractivity contribution in [2.75, 3.05) is 62.0 Å². The largest absolute Gasteiger partial charge is 0.495 e. The SMILES string of the molecule is COc1cc(C(=O)N2CCC(=O)N(C(C=O)N3CCN(C)CC3)c3cc(C)ccc32)ccc1NC(=O)c1ccccc1-c1ccc(C)cc1. The zero-order chi connectivity index (χ0) is 34.7. The third kappa shape index (κ3) is 6.97. The Morgan fingerprint density at radius 3 is 2.27 bits per heavy atom. The van der Waals surface area contributed by atoms with Gasteiger partial charge in [-0.15, -0.1) is 0 Å². The van der Waals surface area contributed by atoms with Crippen LogP contribution in [0.5, 0.6) is 5.75 Å². The van der Waals surface area contributed by atoms with Crippen LogP contribution in [0.1, 0.15) is 38.3 Å². The molecule has 4 aromatic carbocycles. The number of benzene rings is 4. The topological polar surface area (TPSA) is 102 Å². The first-order chi connectivity index (χ1) is 23.7. The number of fused-ring (bicyclic) bond motifs is 1. The molecule has 3 amide bonds. The molecule has 0 saturated carbocycles. The summed E-state index contributed by atoms with van der Waals surface area (Å²) in [7, 11) is 3.52. The number of anilines is 3. The summed E-state index contributed by atoms with van der Waals surface area (Å²) in [6.45, 7) is 6.94. The molecule has 6 rings (SSSR count). The molecule has 2 heterocycles. The van der Waals surface area contributed by atoms with E-state index in [0.29, 0.717) is 47.0 Å². The Morgan fingerprint density at radius 1 is 0.837 bits per heavy atom. The van der Waals surface area contributed by atoms with Crippen LogP contribution in [0.4, 0.5) is 17.1 Å². The number of carbonyl (C=O) groups excluding carboxylic acids is 4. The lowest BCUT2D eigenvalue weighted by Crippen LogP contribution is -2.57. The normalized spacial score (nSPS) is 16.0. The zero-order valence-electron chi connectivity index (χ0n) is 28.3. The number of likely N-dealkylation sites (N-methyl/N-ethyl adjacent to an activating group) is 1. The van der Waals surface area contributed by atoms with E-state index in [1.165, 1.54) is 7.11 Å². The molecule has 1 unspecified atom stereocenters. The predicted molar refractivity (Wildman–Crippen MR) is 191 cm³/mol. The summed E-state index contributed by atoms with van der Waals surface area (Å²) in [5.41, 5.74) is 6.07. The quantitative estimate of drug-likeness (QED) is 0.253. The van der Waals surface area contributed by atoms with Crippen molar-refractivity contribution in [2.24, 2.45) is 0 Å². The monoisotopic (exact) mass is 659 g/mol. The number of methoxy groups -OCH3 is 1. The number of rotatable bonds is 8. The Bertz CT molecular complexity index is 1880. The van der Waals surface area contributed by atoms with Crippen molar-refractivity contribution in [1.29, 1.82) is 0 Å². The Kier molecular flexibility index (Phi) is 9.89. The highest BCUT2D eigenvalue weighted by molar-refractivity contribution is 6.13. The van der Waals surface area contributed by atoms with Crippen LogP contribution < -0.4 is 19.9 Å². The van der Waals surface area contributed by atoms with Crippen LogP contribution >= 0.6 is 0 Å². The molecule has 49 heavy (non-hydrogen) atoms. The van der Waals surface area contributed by atoms with Gasteiger partial charge >= 0.3 is 0 Å². The van der Waals surface area contributed by atoms with Gasteiger partial charge in [0.2, 0.25) is 5.91 Å². The lowest BCUT2D eigenvalue weighted by molar-refractivity contribution is -0.123. The molecular weight excluding hydrogens is 618 g/mol. The molecule has 0 aliphatic carbocycles. The van der Waals surface area contributed by atoms with Gasteiger partial charge in [-0.25, -0.2) is 0 Å². The molecule has 0 spiro atoms. The van der Waals surface area contributed by atoms with Crippen LogP contribution in [0.3, 0.4) is 0 Å². The molecule has 10 nitrogen and oxygen atoms in total. The summed E-state index contributed by atoms with van der Waals surface area (Å²) in [6, 6.07) is 25.9. The molecule has 1 atom stereocenters. The van der Waals surface area contributed by atoms with Crippen molar-refractivity contribution in [3.8, 4) is 16.9 Å². The van der Waals surface area contributed by atoms with Gasteiger partial charge in [-0.05, 0) is 74.0 Å². The summed E-state index contributed by atoms with van der Waals surface area (Å²) in [4.78, 5) is 61.4. The maximum atomic E-state index is 14.2. The number of aldehydes is 1. The second-order valence-corrected chi connectivity index (χ2v) is 12.6. The van der Waals surface area contributed by atoms with Crippen LogP contribution in [0.15, 0.2) is 84.9 Å². The third-order valence-electron chi connectivity index (χ3n) is 9.27. The van der Waals surface area contributed by atoms with Gasteiger partial charge < -0.3 is 19.9 Å². The number of carbonyl (C=O) groups is 4. The van der Waals surface area contributed by atoms with Crippen molar-refractivity contribution in [2.45, 2.75) is 26.4 Å². The van der Waals surface area contributed by atoms with Crippen molar-refractivity contribution in [1.82, 2.24) is 9.80 Å². The van der Waals surface area contributed by atoms with Crippen LogP contribution in [-0.4, -0.2) is 86.9 Å². The smallest absolute Gasteiger partial charge is 0.258 e. The summed E-state index contributed by atoms with van der Waals surface area (Å²) in [5, 5.41) is 2.96. The molecule has 252 valence electrons. The number of aryl methyl sites for hydroxylation is 2. The maximum absolute atomic E-state index is 14.2. The van der Waals surface area contributed by atoms with E-state index in [9.17, 15) is 19.2 Å². The lowest BCUT2D eigenvalue weighted by atomic mass is 9.98. The van der Waals surface area contributed by atoms with E-state index in [-0.39, 0.29) is 30.7 Å². The zero-order valence-corrected chi connectivity index (χ0v) is 28.3. The van der Waals surface area contributed by atoms with E-state index in [1.54, 1.807) is 34.1 Å². The average Bonchev–Trinajstić information content (AvgIpc) is 3.25. The molecule has 2 aliphatic rings. The first-order valence-electron chi connectivity index (χ1n) is 16.5. The minimum Gasteiger partial charge on any atom is -0.495 e. The van der Waals surface area contributed by atoms with Crippen molar-refractivity contribution >= 4 is 41.1 Å². The van der Waals surface area contributed by atoms with Gasteiger partial charge in [-0.3, -0.25) is 29.0 Å². The second-order valence-electron chi connectivity index (χ2n) is 12.6. The van der Waals surface area contributed by atoms with Gasteiger partial charge in [0, 0.05) is 50.3 Å². The Hall–Kier alpha value is -5.32. The molecule has 1 N–H and O–H groups in total. The number of amides is 3. The number of ether oxygens (including phenoxy) is 1. The molecule has 0 aromatic heterocycles. The fraction of sp³-hybridized carbons (Fsp3) is 0.282. The van der Waals surface area contributed by atoms with Crippen LogP contribution in [0.25, 0.3) is 11.1 Å². The van der Waals surface area contributed by atoms with Crippen molar-refractivity contribution < 1.29 is 23.9 Å². The third-order valence-corrected chi connectivity index (χ3v) is 9.27. The summed E-state index contributed by atoms with van der Waals surface area (Å²) < 4.78 is 5.66. The van der Waals surface area contributed by atoms with Crippen LogP contribution in [-0.2, 0) is 9.59 Å². The van der Waals surface area contributed by atoms with E-state index in [2.05, 4.69) is 10.2 Å². The number of piperazine rings is 1. The van der Waals surface area contributed by atoms with Gasteiger partial charge in [-0.2, -0.15) is 0 Å². The Labute approximate surface area is 286 Å². The molecule has 1 saturated heterocycles. The molecule has 1 fully saturated rings. The molecule has 0 radical (unpaired) electrons. The van der Waals surface area contributed by atoms with Crippen molar-refractivity contribution in [3.63, 3.8) is 0 Å². The number of nitrogens with one attached hydrogen (secondary N) is 1. The maximum Gasteiger partial charge on any atom is 0.258 e.